The van der Waals surface area contributed by atoms with Crippen LogP contribution in [-0.4, -0.2) is 52.5 Å². The number of likely N-dealkylation sites (N-methyl/N-ethyl adjacent to an activating group) is 1. The van der Waals surface area contributed by atoms with Crippen LogP contribution < -0.4 is 4.90 Å². The number of aromatic nitrogens is 2. The molecule has 1 atom stereocenters. The summed E-state index contributed by atoms with van der Waals surface area (Å²) in [5.41, 5.74) is 1.58. The van der Waals surface area contributed by atoms with Crippen molar-refractivity contribution in [2.24, 2.45) is 5.92 Å². The zero-order chi connectivity index (χ0) is 18.8. The molecule has 1 unspecified atom stereocenters. The van der Waals surface area contributed by atoms with Crippen molar-refractivity contribution in [1.29, 1.82) is 0 Å². The summed E-state index contributed by atoms with van der Waals surface area (Å²) in [6, 6.07) is 8.88. The highest BCUT2D eigenvalue weighted by Crippen LogP contribution is 2.27. The second-order valence-electron chi connectivity index (χ2n) is 7.27. The van der Waals surface area contributed by atoms with Gasteiger partial charge in [-0.25, -0.2) is 9.97 Å². The topological polar surface area (TPSA) is 75.4 Å². The van der Waals surface area contributed by atoms with Crippen LogP contribution in [0.15, 0.2) is 30.3 Å². The fraction of sp³-hybridized carbons (Fsp3) is 0.474. The third-order valence-electron chi connectivity index (χ3n) is 4.84. The molecule has 2 heterocycles. The van der Waals surface area contributed by atoms with Crippen LogP contribution in [0, 0.1) is 23.0 Å². The highest BCUT2D eigenvalue weighted by atomic mass is 16.6. The van der Waals surface area contributed by atoms with Crippen LogP contribution in [0.3, 0.4) is 0 Å². The van der Waals surface area contributed by atoms with Gasteiger partial charge in [0.15, 0.2) is 5.82 Å². The number of hydrogen-bond acceptors (Lipinski definition) is 6. The van der Waals surface area contributed by atoms with Crippen LogP contribution in [-0.2, 0) is 0 Å². The standard InChI is InChI=1S/C19H25N5O2/c1-13(2)17-12-22(4)8-9-23(17)18-10-14(3)20-19(21-18)15-6-5-7-16(11-15)24(25)26/h5-7,10-11,13,17H,8-9,12H2,1-4H3. The molecule has 0 spiro atoms. The van der Waals surface area contributed by atoms with Gasteiger partial charge < -0.3 is 9.80 Å². The summed E-state index contributed by atoms with van der Waals surface area (Å²) in [5, 5.41) is 11.1. The van der Waals surface area contributed by atoms with Crippen molar-refractivity contribution >= 4 is 11.5 Å². The molecule has 1 aromatic carbocycles. The number of anilines is 1. The largest absolute Gasteiger partial charge is 0.351 e. The Hall–Kier alpha value is -2.54. The Morgan fingerprint density at radius 1 is 1.23 bits per heavy atom. The number of benzene rings is 1. The molecular weight excluding hydrogens is 330 g/mol. The molecule has 2 aromatic rings. The van der Waals surface area contributed by atoms with Gasteiger partial charge in [0.1, 0.15) is 5.82 Å². The van der Waals surface area contributed by atoms with E-state index in [0.717, 1.165) is 31.1 Å². The van der Waals surface area contributed by atoms with Gasteiger partial charge in [-0.05, 0) is 19.9 Å². The number of nitro benzene ring substituents is 1. The van der Waals surface area contributed by atoms with Gasteiger partial charge in [-0.2, -0.15) is 0 Å². The van der Waals surface area contributed by atoms with Gasteiger partial charge in [0.2, 0.25) is 0 Å². The Morgan fingerprint density at radius 3 is 2.69 bits per heavy atom. The van der Waals surface area contributed by atoms with E-state index in [0.29, 0.717) is 23.3 Å². The van der Waals surface area contributed by atoms with E-state index in [1.807, 2.05) is 19.1 Å². The third-order valence-corrected chi connectivity index (χ3v) is 4.84. The fourth-order valence-corrected chi connectivity index (χ4v) is 3.40. The number of nitrogens with zero attached hydrogens (tertiary/aromatic N) is 5. The Balaban J connectivity index is 2.00. The monoisotopic (exact) mass is 355 g/mol. The summed E-state index contributed by atoms with van der Waals surface area (Å²) in [4.78, 5) is 24.6. The second-order valence-corrected chi connectivity index (χ2v) is 7.27. The molecule has 1 aromatic heterocycles. The highest BCUT2D eigenvalue weighted by molar-refractivity contribution is 5.61. The summed E-state index contributed by atoms with van der Waals surface area (Å²) >= 11 is 0. The lowest BCUT2D eigenvalue weighted by Crippen LogP contribution is -2.54. The van der Waals surface area contributed by atoms with E-state index in [1.165, 1.54) is 12.1 Å². The molecule has 26 heavy (non-hydrogen) atoms. The maximum atomic E-state index is 11.1. The minimum absolute atomic E-state index is 0.0498. The van der Waals surface area contributed by atoms with E-state index in [1.54, 1.807) is 6.07 Å². The van der Waals surface area contributed by atoms with Crippen LogP contribution in [0.4, 0.5) is 11.5 Å². The smallest absolute Gasteiger partial charge is 0.270 e. The van der Waals surface area contributed by atoms with Crippen molar-refractivity contribution in [2.45, 2.75) is 26.8 Å². The van der Waals surface area contributed by atoms with Crippen molar-refractivity contribution in [2.75, 3.05) is 31.6 Å². The fourth-order valence-electron chi connectivity index (χ4n) is 3.40. The Kier molecular flexibility index (Phi) is 5.18. The molecule has 0 bridgehead atoms. The van der Waals surface area contributed by atoms with E-state index in [9.17, 15) is 10.1 Å². The Labute approximate surface area is 153 Å². The quantitative estimate of drug-likeness (QED) is 0.619. The van der Waals surface area contributed by atoms with E-state index < -0.39 is 4.92 Å². The lowest BCUT2D eigenvalue weighted by atomic mass is 9.99. The lowest BCUT2D eigenvalue weighted by Gasteiger charge is -2.43. The highest BCUT2D eigenvalue weighted by Gasteiger charge is 2.29. The van der Waals surface area contributed by atoms with Crippen LogP contribution >= 0.6 is 0 Å². The number of rotatable bonds is 4. The average Bonchev–Trinajstić information content (AvgIpc) is 2.61. The van der Waals surface area contributed by atoms with Crippen LogP contribution in [0.5, 0.6) is 0 Å². The Bertz CT molecular complexity index is 808. The number of aryl methyl sites for hydroxylation is 1. The van der Waals surface area contributed by atoms with Crippen LogP contribution in [0.1, 0.15) is 19.5 Å². The van der Waals surface area contributed by atoms with E-state index in [4.69, 9.17) is 4.98 Å². The van der Waals surface area contributed by atoms with Crippen molar-refractivity contribution in [3.8, 4) is 11.4 Å². The summed E-state index contributed by atoms with van der Waals surface area (Å²) in [6.07, 6.45) is 0. The summed E-state index contributed by atoms with van der Waals surface area (Å²) in [5.74, 6) is 1.92. The van der Waals surface area contributed by atoms with Crippen molar-refractivity contribution in [1.82, 2.24) is 14.9 Å². The minimum Gasteiger partial charge on any atom is -0.351 e. The number of nitro groups is 1. The van der Waals surface area contributed by atoms with Gasteiger partial charge in [0, 0.05) is 55.1 Å². The van der Waals surface area contributed by atoms with Gasteiger partial charge in [0.25, 0.3) is 5.69 Å². The van der Waals surface area contributed by atoms with Gasteiger partial charge >= 0.3 is 0 Å². The normalized spacial score (nSPS) is 18.3. The SMILES string of the molecule is Cc1cc(N2CCN(C)CC2C(C)C)nc(-c2cccc([N+](=O)[O-])c2)n1. The van der Waals surface area contributed by atoms with Gasteiger partial charge in [-0.1, -0.05) is 26.0 Å². The predicted molar refractivity (Wildman–Crippen MR) is 102 cm³/mol. The molecule has 0 aliphatic carbocycles. The van der Waals surface area contributed by atoms with Crippen LogP contribution in [0.25, 0.3) is 11.4 Å². The zero-order valence-corrected chi connectivity index (χ0v) is 15.7. The summed E-state index contributed by atoms with van der Waals surface area (Å²) < 4.78 is 0. The second kappa shape index (κ2) is 7.37. The molecule has 3 rings (SSSR count). The van der Waals surface area contributed by atoms with Gasteiger partial charge in [-0.3, -0.25) is 10.1 Å². The molecule has 138 valence electrons. The maximum absolute atomic E-state index is 11.1. The number of piperazine rings is 1. The molecule has 1 fully saturated rings. The van der Waals surface area contributed by atoms with Gasteiger partial charge in [0.05, 0.1) is 4.92 Å². The molecule has 0 radical (unpaired) electrons. The predicted octanol–water partition coefficient (Wildman–Crippen LogP) is 3.14. The van der Waals surface area contributed by atoms with Crippen LogP contribution in [0.2, 0.25) is 0 Å². The van der Waals surface area contributed by atoms with Gasteiger partial charge in [-0.15, -0.1) is 0 Å². The van der Waals surface area contributed by atoms with E-state index in [2.05, 4.69) is 35.7 Å². The number of non-ortho nitro benzene ring substituents is 1. The maximum Gasteiger partial charge on any atom is 0.270 e. The molecule has 0 N–H and O–H groups in total. The lowest BCUT2D eigenvalue weighted by molar-refractivity contribution is -0.384. The average molecular weight is 355 g/mol. The molecule has 7 nitrogen and oxygen atoms in total. The first kappa shape index (κ1) is 18.3. The third kappa shape index (κ3) is 3.83. The van der Waals surface area contributed by atoms with E-state index in [-0.39, 0.29) is 5.69 Å². The van der Waals surface area contributed by atoms with E-state index >= 15 is 0 Å². The first-order valence-corrected chi connectivity index (χ1v) is 8.91. The minimum atomic E-state index is -0.393. The van der Waals surface area contributed by atoms with Crippen molar-refractivity contribution < 1.29 is 4.92 Å². The molecule has 1 aliphatic rings. The Morgan fingerprint density at radius 2 is 2.00 bits per heavy atom. The summed E-state index contributed by atoms with van der Waals surface area (Å²) in [7, 11) is 2.15. The molecule has 7 heteroatoms. The molecule has 1 saturated heterocycles. The molecule has 0 amide bonds. The first-order chi connectivity index (χ1) is 12.3. The first-order valence-electron chi connectivity index (χ1n) is 8.91. The number of hydrogen-bond donors (Lipinski definition) is 0. The molecular formula is C19H25N5O2. The summed E-state index contributed by atoms with van der Waals surface area (Å²) in [6.45, 7) is 9.28. The van der Waals surface area contributed by atoms with Crippen molar-refractivity contribution in [3.63, 3.8) is 0 Å². The van der Waals surface area contributed by atoms with Crippen molar-refractivity contribution in [3.05, 3.63) is 46.1 Å². The molecule has 1 aliphatic heterocycles. The molecule has 0 saturated carbocycles. The zero-order valence-electron chi connectivity index (χ0n) is 15.7.